The molecule has 96 valence electrons. The molecule has 3 heterocycles. The molecule has 1 aliphatic rings. The largest absolute Gasteiger partial charge is 0.360 e. The lowest BCUT2D eigenvalue weighted by atomic mass is 10.3. The number of aromatic nitrogens is 4. The molecule has 0 fully saturated rings. The lowest BCUT2D eigenvalue weighted by molar-refractivity contribution is 0.186. The second kappa shape index (κ2) is 4.87. The van der Waals surface area contributed by atoms with Gasteiger partial charge in [0.15, 0.2) is 5.76 Å². The molecule has 3 rings (SSSR count). The lowest BCUT2D eigenvalue weighted by Gasteiger charge is -2.25. The highest BCUT2D eigenvalue weighted by molar-refractivity contribution is 5.05. The van der Waals surface area contributed by atoms with E-state index in [0.29, 0.717) is 0 Å². The molecule has 0 bridgehead atoms. The van der Waals surface area contributed by atoms with E-state index in [1.54, 1.807) is 6.33 Å². The Bertz CT molecular complexity index is 519. The zero-order valence-corrected chi connectivity index (χ0v) is 10.3. The minimum atomic E-state index is 0.734. The van der Waals surface area contributed by atoms with Crippen LogP contribution in [0, 0.1) is 0 Å². The van der Waals surface area contributed by atoms with Gasteiger partial charge in [0.25, 0.3) is 0 Å². The Kier molecular flexibility index (Phi) is 3.07. The van der Waals surface area contributed by atoms with E-state index < -0.39 is 0 Å². The topological polar surface area (TPSA) is 72.0 Å². The summed E-state index contributed by atoms with van der Waals surface area (Å²) in [5.74, 6) is 1.91. The van der Waals surface area contributed by atoms with Crippen molar-refractivity contribution in [2.45, 2.75) is 26.2 Å². The van der Waals surface area contributed by atoms with Crippen LogP contribution in [0.2, 0.25) is 0 Å². The van der Waals surface area contributed by atoms with Crippen LogP contribution in [0.3, 0.4) is 0 Å². The fraction of sp³-hybridized carbons (Fsp3) is 0.545. The van der Waals surface area contributed by atoms with Crippen molar-refractivity contribution in [1.82, 2.24) is 30.1 Å². The predicted molar refractivity (Wildman–Crippen MR) is 63.4 cm³/mol. The molecular weight excluding hydrogens is 232 g/mol. The Hall–Kier alpha value is -1.73. The minimum absolute atomic E-state index is 0.734. The standard InChI is InChI=1S/C11H16N6O/c1-12-5-9-4-10(18-15-9)6-16-2-3-17-8-13-14-11(17)7-16/h4,8,12H,2-3,5-7H2,1H3. The summed E-state index contributed by atoms with van der Waals surface area (Å²) < 4.78 is 7.40. The Balaban J connectivity index is 1.63. The van der Waals surface area contributed by atoms with Crippen molar-refractivity contribution in [2.24, 2.45) is 0 Å². The highest BCUT2D eigenvalue weighted by Gasteiger charge is 2.18. The summed E-state index contributed by atoms with van der Waals surface area (Å²) in [7, 11) is 1.89. The van der Waals surface area contributed by atoms with Gasteiger partial charge in [0.05, 0.1) is 18.8 Å². The Morgan fingerprint density at radius 2 is 2.39 bits per heavy atom. The molecule has 2 aromatic rings. The van der Waals surface area contributed by atoms with E-state index in [4.69, 9.17) is 4.52 Å². The highest BCUT2D eigenvalue weighted by Crippen LogP contribution is 2.13. The quantitative estimate of drug-likeness (QED) is 0.821. The first-order valence-electron chi connectivity index (χ1n) is 6.03. The van der Waals surface area contributed by atoms with Crippen molar-refractivity contribution in [3.8, 4) is 0 Å². The van der Waals surface area contributed by atoms with E-state index in [0.717, 1.165) is 50.0 Å². The van der Waals surface area contributed by atoms with Crippen LogP contribution in [0.5, 0.6) is 0 Å². The van der Waals surface area contributed by atoms with Gasteiger partial charge in [0.1, 0.15) is 12.2 Å². The normalized spacial score (nSPS) is 15.8. The second-order valence-corrected chi connectivity index (χ2v) is 4.47. The van der Waals surface area contributed by atoms with Gasteiger partial charge in [0, 0.05) is 25.7 Å². The minimum Gasteiger partial charge on any atom is -0.360 e. The van der Waals surface area contributed by atoms with Gasteiger partial charge in [-0.15, -0.1) is 10.2 Å². The molecule has 0 aromatic carbocycles. The number of hydrogen-bond donors (Lipinski definition) is 1. The zero-order valence-electron chi connectivity index (χ0n) is 10.3. The van der Waals surface area contributed by atoms with Crippen molar-refractivity contribution in [1.29, 1.82) is 0 Å². The summed E-state index contributed by atoms with van der Waals surface area (Å²) in [5.41, 5.74) is 0.938. The molecule has 2 aromatic heterocycles. The second-order valence-electron chi connectivity index (χ2n) is 4.47. The van der Waals surface area contributed by atoms with Crippen LogP contribution in [0.25, 0.3) is 0 Å². The summed E-state index contributed by atoms with van der Waals surface area (Å²) in [6.45, 7) is 4.22. The van der Waals surface area contributed by atoms with Gasteiger partial charge >= 0.3 is 0 Å². The Morgan fingerprint density at radius 1 is 1.44 bits per heavy atom. The number of nitrogens with one attached hydrogen (secondary N) is 1. The first-order chi connectivity index (χ1) is 8.85. The molecule has 0 radical (unpaired) electrons. The first-order valence-corrected chi connectivity index (χ1v) is 6.03. The van der Waals surface area contributed by atoms with E-state index in [1.165, 1.54) is 0 Å². The van der Waals surface area contributed by atoms with Crippen LogP contribution >= 0.6 is 0 Å². The van der Waals surface area contributed by atoms with E-state index in [9.17, 15) is 0 Å². The van der Waals surface area contributed by atoms with E-state index in [2.05, 4.69) is 30.1 Å². The fourth-order valence-electron chi connectivity index (χ4n) is 2.17. The summed E-state index contributed by atoms with van der Waals surface area (Å²) in [4.78, 5) is 2.29. The average molecular weight is 248 g/mol. The van der Waals surface area contributed by atoms with E-state index >= 15 is 0 Å². The van der Waals surface area contributed by atoms with Gasteiger partial charge in [-0.05, 0) is 7.05 Å². The zero-order chi connectivity index (χ0) is 12.4. The van der Waals surface area contributed by atoms with Crippen LogP contribution in [-0.4, -0.2) is 38.4 Å². The molecule has 18 heavy (non-hydrogen) atoms. The maximum atomic E-state index is 5.31. The van der Waals surface area contributed by atoms with Gasteiger partial charge in [-0.25, -0.2) is 0 Å². The molecule has 7 nitrogen and oxygen atoms in total. The number of nitrogens with zero attached hydrogens (tertiary/aromatic N) is 5. The molecule has 1 N–H and O–H groups in total. The molecule has 0 amide bonds. The number of hydrogen-bond acceptors (Lipinski definition) is 6. The van der Waals surface area contributed by atoms with Gasteiger partial charge in [0.2, 0.25) is 0 Å². The first kappa shape index (κ1) is 11.4. The molecule has 1 aliphatic heterocycles. The molecule has 0 saturated heterocycles. The summed E-state index contributed by atoms with van der Waals surface area (Å²) in [6, 6.07) is 2.00. The van der Waals surface area contributed by atoms with Gasteiger partial charge in [-0.2, -0.15) is 0 Å². The highest BCUT2D eigenvalue weighted by atomic mass is 16.5. The molecule has 0 unspecified atom stereocenters. The molecule has 7 heteroatoms. The molecular formula is C11H16N6O. The summed E-state index contributed by atoms with van der Waals surface area (Å²) >= 11 is 0. The van der Waals surface area contributed by atoms with Crippen LogP contribution in [0.15, 0.2) is 16.9 Å². The number of rotatable bonds is 4. The van der Waals surface area contributed by atoms with Crippen LogP contribution in [-0.2, 0) is 26.2 Å². The van der Waals surface area contributed by atoms with Crippen molar-refractivity contribution >= 4 is 0 Å². The van der Waals surface area contributed by atoms with Crippen molar-refractivity contribution in [2.75, 3.05) is 13.6 Å². The average Bonchev–Trinajstić information content (AvgIpc) is 2.98. The third kappa shape index (κ3) is 2.27. The molecule has 0 aliphatic carbocycles. The third-order valence-corrected chi connectivity index (χ3v) is 3.06. The Morgan fingerprint density at radius 3 is 3.28 bits per heavy atom. The number of fused-ring (bicyclic) bond motifs is 1. The van der Waals surface area contributed by atoms with Crippen molar-refractivity contribution in [3.63, 3.8) is 0 Å². The van der Waals surface area contributed by atoms with Gasteiger partial charge in [-0.1, -0.05) is 5.16 Å². The van der Waals surface area contributed by atoms with Crippen LogP contribution in [0.1, 0.15) is 17.3 Å². The summed E-state index contributed by atoms with van der Waals surface area (Å²) in [5, 5.41) is 15.1. The third-order valence-electron chi connectivity index (χ3n) is 3.06. The molecule has 0 saturated carbocycles. The summed E-state index contributed by atoms with van der Waals surface area (Å²) in [6.07, 6.45) is 1.78. The van der Waals surface area contributed by atoms with Crippen LogP contribution < -0.4 is 5.32 Å². The lowest BCUT2D eigenvalue weighted by Crippen LogP contribution is -2.33. The van der Waals surface area contributed by atoms with Gasteiger partial charge in [-0.3, -0.25) is 4.90 Å². The maximum Gasteiger partial charge on any atom is 0.151 e. The predicted octanol–water partition coefficient (Wildman–Crippen LogP) is 0.00130. The maximum absolute atomic E-state index is 5.31. The van der Waals surface area contributed by atoms with Gasteiger partial charge < -0.3 is 14.4 Å². The van der Waals surface area contributed by atoms with Crippen molar-refractivity contribution in [3.05, 3.63) is 29.7 Å². The van der Waals surface area contributed by atoms with E-state index in [1.807, 2.05) is 13.1 Å². The smallest absolute Gasteiger partial charge is 0.151 e. The molecule has 0 atom stereocenters. The van der Waals surface area contributed by atoms with E-state index in [-0.39, 0.29) is 0 Å². The van der Waals surface area contributed by atoms with Crippen LogP contribution in [0.4, 0.5) is 0 Å². The SMILES string of the molecule is CNCc1cc(CN2CCn3cnnc3C2)on1. The monoisotopic (exact) mass is 248 g/mol. The fourth-order valence-corrected chi connectivity index (χ4v) is 2.17. The Labute approximate surface area is 105 Å². The molecule has 0 spiro atoms. The van der Waals surface area contributed by atoms with Crippen molar-refractivity contribution < 1.29 is 4.52 Å².